The third-order valence-electron chi connectivity index (χ3n) is 8.01. The maximum absolute atomic E-state index is 11.9. The lowest BCUT2D eigenvalue weighted by Gasteiger charge is -2.28. The van der Waals surface area contributed by atoms with Gasteiger partial charge < -0.3 is 24.5 Å². The van der Waals surface area contributed by atoms with E-state index in [1.807, 2.05) is 24.3 Å². The Morgan fingerprint density at radius 1 is 1.09 bits per heavy atom. The van der Waals surface area contributed by atoms with Crippen molar-refractivity contribution in [2.75, 3.05) is 19.8 Å². The van der Waals surface area contributed by atoms with Gasteiger partial charge in [0.25, 0.3) is 0 Å². The highest BCUT2D eigenvalue weighted by atomic mass is 16.5. The van der Waals surface area contributed by atoms with Crippen molar-refractivity contribution in [2.24, 2.45) is 0 Å². The van der Waals surface area contributed by atoms with Gasteiger partial charge in [-0.25, -0.2) is 4.79 Å². The van der Waals surface area contributed by atoms with Gasteiger partial charge in [-0.15, -0.1) is 0 Å². The Morgan fingerprint density at radius 2 is 1.94 bits per heavy atom. The van der Waals surface area contributed by atoms with Crippen LogP contribution in [-0.4, -0.2) is 47.5 Å². The molecular weight excluding hydrogens is 440 g/mol. The summed E-state index contributed by atoms with van der Waals surface area (Å²) in [5.41, 5.74) is 4.94. The first kappa shape index (κ1) is 22.6. The van der Waals surface area contributed by atoms with E-state index in [1.165, 1.54) is 55.2 Å². The summed E-state index contributed by atoms with van der Waals surface area (Å²) in [5.74, 6) is 0.448. The molecule has 0 radical (unpaired) electrons. The van der Waals surface area contributed by atoms with Crippen molar-refractivity contribution in [3.05, 3.63) is 53.6 Å². The van der Waals surface area contributed by atoms with Gasteiger partial charge in [-0.3, -0.25) is 0 Å². The fraction of sp³-hybridized carbons (Fsp3) is 0.483. The van der Waals surface area contributed by atoms with E-state index in [4.69, 9.17) is 9.47 Å². The lowest BCUT2D eigenvalue weighted by molar-refractivity contribution is 0.00138. The second kappa shape index (κ2) is 9.67. The van der Waals surface area contributed by atoms with Crippen molar-refractivity contribution >= 4 is 16.9 Å². The fourth-order valence-electron chi connectivity index (χ4n) is 6.27. The van der Waals surface area contributed by atoms with Crippen LogP contribution in [0.2, 0.25) is 0 Å². The molecule has 6 rings (SSSR count). The number of aromatic carboxylic acids is 1. The first-order valence-electron chi connectivity index (χ1n) is 13.2. The summed E-state index contributed by atoms with van der Waals surface area (Å²) < 4.78 is 15.1. The molecule has 1 aliphatic carbocycles. The van der Waals surface area contributed by atoms with E-state index in [0.717, 1.165) is 29.8 Å². The Bertz CT molecular complexity index is 1220. The number of hydrogen-bond acceptors (Lipinski definition) is 4. The molecule has 3 heterocycles. The molecule has 1 saturated heterocycles. The van der Waals surface area contributed by atoms with Crippen LogP contribution in [0.15, 0.2) is 42.5 Å². The summed E-state index contributed by atoms with van der Waals surface area (Å²) in [5, 5.41) is 14.4. The van der Waals surface area contributed by atoms with Gasteiger partial charge in [-0.2, -0.15) is 0 Å². The van der Waals surface area contributed by atoms with E-state index in [0.29, 0.717) is 37.3 Å². The molecule has 2 N–H and O–H groups in total. The van der Waals surface area contributed by atoms with Crippen molar-refractivity contribution in [1.82, 2.24) is 9.88 Å². The molecule has 6 heteroatoms. The molecule has 2 atom stereocenters. The Balaban J connectivity index is 1.51. The minimum absolute atomic E-state index is 0.118. The summed E-state index contributed by atoms with van der Waals surface area (Å²) in [6.45, 7) is 2.83. The molecule has 2 aromatic carbocycles. The first-order chi connectivity index (χ1) is 17.2. The molecule has 184 valence electrons. The van der Waals surface area contributed by atoms with E-state index in [1.54, 1.807) is 6.07 Å². The Labute approximate surface area is 206 Å². The van der Waals surface area contributed by atoms with Crippen molar-refractivity contribution in [3.8, 4) is 17.0 Å². The molecule has 1 saturated carbocycles. The van der Waals surface area contributed by atoms with Gasteiger partial charge in [0.05, 0.1) is 24.4 Å². The lowest BCUT2D eigenvalue weighted by Crippen LogP contribution is -2.34. The van der Waals surface area contributed by atoms with Crippen LogP contribution in [0.1, 0.15) is 66.8 Å². The topological polar surface area (TPSA) is 72.7 Å². The molecule has 6 nitrogen and oxygen atoms in total. The van der Waals surface area contributed by atoms with E-state index in [9.17, 15) is 9.90 Å². The quantitative estimate of drug-likeness (QED) is 0.505. The molecular formula is C29H34N2O4. The number of para-hydroxylation sites is 1. The van der Waals surface area contributed by atoms with E-state index in [-0.39, 0.29) is 6.10 Å². The van der Waals surface area contributed by atoms with Crippen LogP contribution < -0.4 is 10.1 Å². The zero-order valence-corrected chi connectivity index (χ0v) is 20.2. The van der Waals surface area contributed by atoms with E-state index in [2.05, 4.69) is 22.0 Å². The molecule has 0 bridgehead atoms. The predicted octanol–water partition coefficient (Wildman–Crippen LogP) is 5.58. The van der Waals surface area contributed by atoms with E-state index < -0.39 is 5.97 Å². The van der Waals surface area contributed by atoms with Crippen LogP contribution in [-0.2, 0) is 11.3 Å². The summed E-state index contributed by atoms with van der Waals surface area (Å²) >= 11 is 0. The number of aromatic nitrogens is 1. The Morgan fingerprint density at radius 3 is 2.74 bits per heavy atom. The van der Waals surface area contributed by atoms with Gasteiger partial charge in [0.1, 0.15) is 18.5 Å². The summed E-state index contributed by atoms with van der Waals surface area (Å²) in [6.07, 6.45) is 8.32. The van der Waals surface area contributed by atoms with Crippen LogP contribution in [0, 0.1) is 0 Å². The van der Waals surface area contributed by atoms with Crippen molar-refractivity contribution in [3.63, 3.8) is 0 Å². The van der Waals surface area contributed by atoms with Gasteiger partial charge >= 0.3 is 5.97 Å². The van der Waals surface area contributed by atoms with Crippen LogP contribution in [0.4, 0.5) is 0 Å². The molecule has 0 amide bonds. The number of benzene rings is 2. The third kappa shape index (κ3) is 4.34. The average Bonchev–Trinajstić information content (AvgIpc) is 3.51. The normalized spacial score (nSPS) is 22.7. The Hall–Kier alpha value is -2.83. The van der Waals surface area contributed by atoms with Gasteiger partial charge in [0.15, 0.2) is 0 Å². The lowest BCUT2D eigenvalue weighted by atomic mass is 9.81. The standard InChI is InChI=1S/C29H34N2O4/c32-29(33)20-12-13-23-25(15-20)31-16-22(34-17-21-9-6-14-30-21)18-35-26-11-5-4-10-24(26)28(31)27(23)19-7-2-1-3-8-19/h4-5,10-13,15,19,21-22,30H,1-3,6-9,14,16-18H2,(H,32,33)/t21?,22-/m0/s1. The van der Waals surface area contributed by atoms with Gasteiger partial charge in [0, 0.05) is 22.5 Å². The number of fused-ring (bicyclic) bond motifs is 5. The maximum Gasteiger partial charge on any atom is 0.335 e. The average molecular weight is 475 g/mol. The molecule has 3 aliphatic rings. The molecule has 0 spiro atoms. The molecule has 1 unspecified atom stereocenters. The number of rotatable bonds is 5. The monoisotopic (exact) mass is 474 g/mol. The fourth-order valence-corrected chi connectivity index (χ4v) is 6.27. The van der Waals surface area contributed by atoms with Crippen LogP contribution in [0.5, 0.6) is 5.75 Å². The van der Waals surface area contributed by atoms with Crippen molar-refractivity contribution < 1.29 is 19.4 Å². The largest absolute Gasteiger partial charge is 0.490 e. The minimum atomic E-state index is -0.892. The third-order valence-corrected chi connectivity index (χ3v) is 8.01. The second-order valence-corrected chi connectivity index (χ2v) is 10.3. The first-order valence-corrected chi connectivity index (χ1v) is 13.2. The number of hydrogen-bond donors (Lipinski definition) is 2. The summed E-state index contributed by atoms with van der Waals surface area (Å²) in [6, 6.07) is 14.3. The van der Waals surface area contributed by atoms with Crippen LogP contribution >= 0.6 is 0 Å². The SMILES string of the molecule is O=C(O)c1ccc2c(C3CCCCC3)c3n(c2c1)C[C@H](OCC1CCCN1)COc1ccccc1-3. The molecule has 1 aromatic heterocycles. The second-order valence-electron chi connectivity index (χ2n) is 10.3. The molecule has 2 fully saturated rings. The Kier molecular flexibility index (Phi) is 6.25. The van der Waals surface area contributed by atoms with Crippen LogP contribution in [0.25, 0.3) is 22.2 Å². The predicted molar refractivity (Wildman–Crippen MR) is 136 cm³/mol. The van der Waals surface area contributed by atoms with Crippen LogP contribution in [0.3, 0.4) is 0 Å². The summed E-state index contributed by atoms with van der Waals surface area (Å²) in [4.78, 5) is 11.9. The number of nitrogens with zero attached hydrogens (tertiary/aromatic N) is 1. The summed E-state index contributed by atoms with van der Waals surface area (Å²) in [7, 11) is 0. The number of carboxylic acids is 1. The zero-order chi connectivity index (χ0) is 23.8. The number of carboxylic acid groups (broad SMARTS) is 1. The van der Waals surface area contributed by atoms with E-state index >= 15 is 0 Å². The van der Waals surface area contributed by atoms with Gasteiger partial charge in [-0.1, -0.05) is 37.5 Å². The highest BCUT2D eigenvalue weighted by Crippen LogP contribution is 2.47. The smallest absolute Gasteiger partial charge is 0.335 e. The number of carbonyl (C=O) groups is 1. The van der Waals surface area contributed by atoms with Gasteiger partial charge in [-0.05, 0) is 68.0 Å². The number of nitrogens with one attached hydrogen (secondary N) is 1. The zero-order valence-electron chi connectivity index (χ0n) is 20.2. The maximum atomic E-state index is 11.9. The highest BCUT2D eigenvalue weighted by molar-refractivity contribution is 5.98. The van der Waals surface area contributed by atoms with Gasteiger partial charge in [0.2, 0.25) is 0 Å². The van der Waals surface area contributed by atoms with Crippen molar-refractivity contribution in [2.45, 2.75) is 69.6 Å². The molecule has 3 aromatic rings. The van der Waals surface area contributed by atoms with Crippen molar-refractivity contribution in [1.29, 1.82) is 0 Å². The number of ether oxygens (including phenoxy) is 2. The minimum Gasteiger partial charge on any atom is -0.490 e. The highest BCUT2D eigenvalue weighted by Gasteiger charge is 2.31. The molecule has 2 aliphatic heterocycles. The molecule has 35 heavy (non-hydrogen) atoms.